The Bertz CT molecular complexity index is 1880. The normalized spacial score (nSPS) is 14.6. The Hall–Kier alpha value is -4.44. The van der Waals surface area contributed by atoms with Crippen LogP contribution in [0.2, 0.25) is 0 Å². The first-order valence-corrected chi connectivity index (χ1v) is 11.4. The van der Waals surface area contributed by atoms with E-state index in [0.717, 1.165) is 4.57 Å². The molecule has 198 valence electrons. The van der Waals surface area contributed by atoms with Crippen LogP contribution in [0.1, 0.15) is 12.3 Å². The fourth-order valence-electron chi connectivity index (χ4n) is 3.72. The van der Waals surface area contributed by atoms with E-state index in [2.05, 4.69) is 20.6 Å². The Balaban J connectivity index is 1.84. The molecule has 0 aliphatic heterocycles. The standard InChI is InChI=1S/C28H32FN7O2/c1-18(29)27(37)31-22-15-23(26(38-6)16-25(22)35(4)14-13-34(2)3)33-28-30-12-11-21(32-28)20-17-36(5)24-10-8-7-9-19(20)24/h7-12,15-17H,1,13-14H2,2-6H3,(H,31,37)(H,30,32,33)/i1D2,5D3,7D,8D,9D,10D. The van der Waals surface area contributed by atoms with Crippen molar-refractivity contribution >= 4 is 39.8 Å². The lowest BCUT2D eigenvalue weighted by atomic mass is 10.1. The molecule has 0 unspecified atom stereocenters. The van der Waals surface area contributed by atoms with E-state index >= 15 is 0 Å². The second kappa shape index (κ2) is 11.3. The minimum Gasteiger partial charge on any atom is -0.494 e. The number of likely N-dealkylation sites (N-methyl/N-ethyl adjacent to an activating group) is 2. The number of methoxy groups -OCH3 is 1. The van der Waals surface area contributed by atoms with Gasteiger partial charge in [0.05, 0.1) is 38.1 Å². The Morgan fingerprint density at radius 1 is 1.26 bits per heavy atom. The number of ether oxygens (including phenoxy) is 1. The summed E-state index contributed by atoms with van der Waals surface area (Å²) in [5.74, 6) is -2.64. The molecule has 0 radical (unpaired) electrons. The molecule has 0 fully saturated rings. The van der Waals surface area contributed by atoms with Gasteiger partial charge in [-0.25, -0.2) is 14.4 Å². The Kier molecular flexibility index (Phi) is 5.10. The average molecular weight is 527 g/mol. The van der Waals surface area contributed by atoms with Crippen molar-refractivity contribution in [1.82, 2.24) is 19.4 Å². The number of hydrogen-bond acceptors (Lipinski definition) is 7. The van der Waals surface area contributed by atoms with Gasteiger partial charge in [0.2, 0.25) is 5.95 Å². The molecule has 2 N–H and O–H groups in total. The van der Waals surface area contributed by atoms with Gasteiger partial charge < -0.3 is 29.7 Å². The van der Waals surface area contributed by atoms with Gasteiger partial charge >= 0.3 is 0 Å². The van der Waals surface area contributed by atoms with Crippen LogP contribution < -0.4 is 20.3 Å². The van der Waals surface area contributed by atoms with Crippen molar-refractivity contribution in [2.24, 2.45) is 6.98 Å². The Labute approximate surface area is 234 Å². The minimum atomic E-state index is -2.77. The van der Waals surface area contributed by atoms with Gasteiger partial charge in [0.25, 0.3) is 5.91 Å². The lowest BCUT2D eigenvalue weighted by Gasteiger charge is -2.26. The van der Waals surface area contributed by atoms with Crippen LogP contribution in [0.5, 0.6) is 5.75 Å². The number of rotatable bonds is 10. The first-order chi connectivity index (χ1) is 22.0. The van der Waals surface area contributed by atoms with E-state index in [0.29, 0.717) is 18.8 Å². The predicted molar refractivity (Wildman–Crippen MR) is 151 cm³/mol. The number of halogens is 1. The maximum Gasteiger partial charge on any atom is 0.283 e. The number of hydrogen-bond donors (Lipinski definition) is 2. The number of aromatic nitrogens is 3. The number of nitrogens with zero attached hydrogens (tertiary/aromatic N) is 5. The molecular formula is C28H32FN7O2. The van der Waals surface area contributed by atoms with Gasteiger partial charge in [0, 0.05) is 66.2 Å². The number of nitrogens with one attached hydrogen (secondary N) is 2. The number of carbonyl (C=O) groups is 1. The maximum atomic E-state index is 14.2. The molecule has 38 heavy (non-hydrogen) atoms. The third-order valence-corrected chi connectivity index (χ3v) is 5.67. The SMILES string of the molecule is [2H]C([2H])=C(F)C(=O)Nc1cc(Nc2nccc(-c3cn(C([2H])([2H])[2H])c4c([2H])c([2H])c([2H])c([2H])c34)n2)c(OC)cc1N(C)CCN(C)C. The molecule has 2 heterocycles. The van der Waals surface area contributed by atoms with Crippen molar-refractivity contribution in [3.05, 3.63) is 67.1 Å². The van der Waals surface area contributed by atoms with Gasteiger partial charge in [-0.15, -0.1) is 0 Å². The fraction of sp³-hybridized carbons (Fsp3) is 0.250. The number of aryl methyl sites for hydroxylation is 1. The van der Waals surface area contributed by atoms with E-state index in [1.807, 2.05) is 19.0 Å². The van der Waals surface area contributed by atoms with Crippen molar-refractivity contribution in [2.45, 2.75) is 0 Å². The molecule has 2 aromatic heterocycles. The van der Waals surface area contributed by atoms with Gasteiger partial charge in [-0.1, -0.05) is 24.7 Å². The minimum absolute atomic E-state index is 0.0342. The van der Waals surface area contributed by atoms with Gasteiger partial charge in [-0.3, -0.25) is 4.79 Å². The lowest BCUT2D eigenvalue weighted by Crippen LogP contribution is -2.29. The van der Waals surface area contributed by atoms with Crippen molar-refractivity contribution < 1.29 is 26.3 Å². The Morgan fingerprint density at radius 3 is 2.82 bits per heavy atom. The molecule has 0 atom stereocenters. The quantitative estimate of drug-likeness (QED) is 0.287. The van der Waals surface area contributed by atoms with E-state index in [1.54, 1.807) is 18.0 Å². The number of anilines is 4. The molecule has 0 bridgehead atoms. The van der Waals surface area contributed by atoms with Gasteiger partial charge in [-0.05, 0) is 32.3 Å². The van der Waals surface area contributed by atoms with Crippen LogP contribution in [-0.2, 0) is 11.8 Å². The molecule has 0 saturated heterocycles. The van der Waals surface area contributed by atoms with E-state index in [-0.39, 0.29) is 45.2 Å². The molecule has 0 aliphatic rings. The number of amides is 1. The summed E-state index contributed by atoms with van der Waals surface area (Å²) in [6.07, 6.45) is 2.55. The second-order valence-corrected chi connectivity index (χ2v) is 8.59. The number of fused-ring (bicyclic) bond motifs is 1. The van der Waals surface area contributed by atoms with Crippen molar-refractivity contribution in [3.8, 4) is 17.0 Å². The zero-order chi connectivity index (χ0) is 35.0. The zero-order valence-electron chi connectivity index (χ0n) is 30.2. The highest BCUT2D eigenvalue weighted by molar-refractivity contribution is 6.04. The first kappa shape index (κ1) is 17.1. The second-order valence-electron chi connectivity index (χ2n) is 8.59. The predicted octanol–water partition coefficient (Wildman–Crippen LogP) is 4.81. The van der Waals surface area contributed by atoms with Crippen LogP contribution in [0.15, 0.2) is 67.1 Å². The summed E-state index contributed by atoms with van der Waals surface area (Å²) in [6, 6.07) is 2.40. The molecule has 4 rings (SSSR count). The first-order valence-electron chi connectivity index (χ1n) is 15.9. The van der Waals surface area contributed by atoms with Gasteiger partial charge in [0.1, 0.15) is 5.75 Å². The molecule has 10 heteroatoms. The highest BCUT2D eigenvalue weighted by atomic mass is 19.1. The van der Waals surface area contributed by atoms with Crippen LogP contribution in [0.4, 0.5) is 27.4 Å². The van der Waals surface area contributed by atoms with Crippen LogP contribution in [-0.4, -0.2) is 66.7 Å². The van der Waals surface area contributed by atoms with Crippen LogP contribution >= 0.6 is 0 Å². The molecule has 9 nitrogen and oxygen atoms in total. The molecule has 0 aliphatic carbocycles. The van der Waals surface area contributed by atoms with Gasteiger partial charge in [0.15, 0.2) is 5.83 Å². The summed E-state index contributed by atoms with van der Waals surface area (Å²) in [6.45, 7) is -2.92. The molecular weight excluding hydrogens is 485 g/mol. The molecule has 4 aromatic rings. The summed E-state index contributed by atoms with van der Waals surface area (Å²) in [5.41, 5.74) is 0.823. The summed E-state index contributed by atoms with van der Waals surface area (Å²) < 4.78 is 92.0. The fourth-order valence-corrected chi connectivity index (χ4v) is 3.72. The van der Waals surface area contributed by atoms with Crippen LogP contribution in [0.25, 0.3) is 22.2 Å². The van der Waals surface area contributed by atoms with E-state index < -0.39 is 49.4 Å². The summed E-state index contributed by atoms with van der Waals surface area (Å²) in [5, 5.41) is 5.34. The number of carbonyl (C=O) groups excluding carboxylic acids is 1. The maximum absolute atomic E-state index is 14.2. The average Bonchev–Trinajstić information content (AvgIpc) is 3.43. The summed E-state index contributed by atoms with van der Waals surface area (Å²) >= 11 is 0. The summed E-state index contributed by atoms with van der Waals surface area (Å²) in [7, 11) is 6.94. The van der Waals surface area contributed by atoms with E-state index in [9.17, 15) is 9.18 Å². The van der Waals surface area contributed by atoms with E-state index in [4.69, 9.17) is 17.1 Å². The van der Waals surface area contributed by atoms with Crippen molar-refractivity contribution in [3.63, 3.8) is 0 Å². The monoisotopic (exact) mass is 526 g/mol. The largest absolute Gasteiger partial charge is 0.494 e. The molecule has 2 aromatic carbocycles. The molecule has 0 spiro atoms. The highest BCUT2D eigenvalue weighted by Gasteiger charge is 2.18. The number of benzene rings is 2. The van der Waals surface area contributed by atoms with Crippen LogP contribution in [0, 0.1) is 0 Å². The van der Waals surface area contributed by atoms with E-state index in [1.165, 1.54) is 31.6 Å². The van der Waals surface area contributed by atoms with Crippen molar-refractivity contribution in [2.75, 3.05) is 56.9 Å². The third kappa shape index (κ3) is 5.76. The molecule has 1 amide bonds. The third-order valence-electron chi connectivity index (χ3n) is 5.67. The van der Waals surface area contributed by atoms with Crippen molar-refractivity contribution in [1.29, 1.82) is 0 Å². The smallest absolute Gasteiger partial charge is 0.283 e. The zero-order valence-corrected chi connectivity index (χ0v) is 21.2. The highest BCUT2D eigenvalue weighted by Crippen LogP contribution is 2.38. The topological polar surface area (TPSA) is 87.5 Å². The number of para-hydroxylation sites is 1. The molecule has 0 saturated carbocycles. The lowest BCUT2D eigenvalue weighted by molar-refractivity contribution is -0.114. The van der Waals surface area contributed by atoms with Gasteiger partial charge in [-0.2, -0.15) is 0 Å². The van der Waals surface area contributed by atoms with Crippen LogP contribution in [0.3, 0.4) is 0 Å². The Morgan fingerprint density at radius 2 is 2.08 bits per heavy atom. The summed E-state index contributed by atoms with van der Waals surface area (Å²) in [4.78, 5) is 25.0.